The van der Waals surface area contributed by atoms with Gasteiger partial charge in [0.25, 0.3) is 0 Å². The molecule has 2 aromatic carbocycles. The van der Waals surface area contributed by atoms with Crippen LogP contribution in [0.1, 0.15) is 29.2 Å². The van der Waals surface area contributed by atoms with Crippen LogP contribution in [0.5, 0.6) is 0 Å². The summed E-state index contributed by atoms with van der Waals surface area (Å²) >= 11 is 0. The highest BCUT2D eigenvalue weighted by molar-refractivity contribution is 5.31. The van der Waals surface area contributed by atoms with Gasteiger partial charge in [0, 0.05) is 19.1 Å². The van der Waals surface area contributed by atoms with Gasteiger partial charge in [-0.1, -0.05) is 54.6 Å². The van der Waals surface area contributed by atoms with Crippen LogP contribution in [-0.2, 0) is 6.54 Å². The molecule has 0 bridgehead atoms. The fraction of sp³-hybridized carbons (Fsp3) is 0.333. The molecular weight excluding hydrogens is 244 g/mol. The zero-order valence-electron chi connectivity index (χ0n) is 12.0. The Morgan fingerprint density at radius 2 is 1.75 bits per heavy atom. The number of hydrogen-bond acceptors (Lipinski definition) is 2. The highest BCUT2D eigenvalue weighted by Gasteiger charge is 2.33. The summed E-state index contributed by atoms with van der Waals surface area (Å²) in [7, 11) is 0. The molecule has 2 heteroatoms. The molecule has 20 heavy (non-hydrogen) atoms. The summed E-state index contributed by atoms with van der Waals surface area (Å²) < 4.78 is 0. The van der Waals surface area contributed by atoms with Crippen molar-refractivity contribution in [1.82, 2.24) is 4.90 Å². The van der Waals surface area contributed by atoms with Gasteiger partial charge in [0.1, 0.15) is 0 Å². The summed E-state index contributed by atoms with van der Waals surface area (Å²) in [5.41, 5.74) is 10.5. The van der Waals surface area contributed by atoms with Gasteiger partial charge in [-0.2, -0.15) is 0 Å². The third-order valence-corrected chi connectivity index (χ3v) is 4.28. The number of benzene rings is 2. The Balaban J connectivity index is 1.86. The summed E-state index contributed by atoms with van der Waals surface area (Å²) in [6.07, 6.45) is 1.08. The Morgan fingerprint density at radius 1 is 1.05 bits per heavy atom. The Kier molecular flexibility index (Phi) is 3.86. The van der Waals surface area contributed by atoms with E-state index in [1.165, 1.54) is 16.7 Å². The number of rotatable bonds is 3. The summed E-state index contributed by atoms with van der Waals surface area (Å²) in [5, 5.41) is 0. The number of nitrogens with two attached hydrogens (primary N) is 1. The first kappa shape index (κ1) is 13.3. The highest BCUT2D eigenvalue weighted by atomic mass is 15.2. The molecule has 1 fully saturated rings. The molecule has 3 rings (SSSR count). The van der Waals surface area contributed by atoms with E-state index in [1.807, 2.05) is 0 Å². The average molecular weight is 266 g/mol. The van der Waals surface area contributed by atoms with Gasteiger partial charge in [-0.3, -0.25) is 4.90 Å². The van der Waals surface area contributed by atoms with E-state index in [0.717, 1.165) is 19.5 Å². The van der Waals surface area contributed by atoms with E-state index < -0.39 is 0 Å². The minimum Gasteiger partial charge on any atom is -0.326 e. The fourth-order valence-corrected chi connectivity index (χ4v) is 3.22. The van der Waals surface area contributed by atoms with Crippen LogP contribution in [0, 0.1) is 6.92 Å². The Morgan fingerprint density at radius 3 is 2.50 bits per heavy atom. The molecule has 1 aliphatic rings. The van der Waals surface area contributed by atoms with Crippen LogP contribution in [0.15, 0.2) is 54.6 Å². The molecular formula is C18H22N2. The lowest BCUT2D eigenvalue weighted by atomic mass is 9.96. The van der Waals surface area contributed by atoms with Gasteiger partial charge in [0.05, 0.1) is 6.04 Å². The maximum Gasteiger partial charge on any atom is 0.0505 e. The number of aryl methyl sites for hydroxylation is 1. The normalized spacial score (nSPS) is 23.1. The van der Waals surface area contributed by atoms with Crippen LogP contribution in [0.4, 0.5) is 0 Å². The van der Waals surface area contributed by atoms with E-state index in [9.17, 15) is 0 Å². The summed E-state index contributed by atoms with van der Waals surface area (Å²) in [6, 6.07) is 19.9. The Hall–Kier alpha value is -1.64. The second-order valence-electron chi connectivity index (χ2n) is 5.71. The molecule has 2 atom stereocenters. The molecule has 104 valence electrons. The van der Waals surface area contributed by atoms with Gasteiger partial charge in [-0.25, -0.2) is 0 Å². The van der Waals surface area contributed by atoms with Crippen molar-refractivity contribution in [3.05, 3.63) is 71.3 Å². The van der Waals surface area contributed by atoms with E-state index in [1.54, 1.807) is 0 Å². The predicted octanol–water partition coefficient (Wildman–Crippen LogP) is 3.27. The van der Waals surface area contributed by atoms with Crippen molar-refractivity contribution in [2.75, 3.05) is 6.54 Å². The SMILES string of the molecule is Cc1ccccc1C1C(N)CCN1Cc1ccccc1. The lowest BCUT2D eigenvalue weighted by Crippen LogP contribution is -2.32. The van der Waals surface area contributed by atoms with Gasteiger partial charge in [-0.05, 0) is 30.0 Å². The third-order valence-electron chi connectivity index (χ3n) is 4.28. The van der Waals surface area contributed by atoms with Crippen molar-refractivity contribution in [2.45, 2.75) is 32.0 Å². The standard InChI is InChI=1S/C18H22N2/c1-14-7-5-6-10-16(14)18-17(19)11-12-20(18)13-15-8-3-2-4-9-15/h2-10,17-18H,11-13,19H2,1H3. The molecule has 2 aromatic rings. The first-order chi connectivity index (χ1) is 9.75. The van der Waals surface area contributed by atoms with Crippen molar-refractivity contribution in [2.24, 2.45) is 5.73 Å². The average Bonchev–Trinajstić information content (AvgIpc) is 2.82. The largest absolute Gasteiger partial charge is 0.326 e. The molecule has 1 heterocycles. The van der Waals surface area contributed by atoms with Crippen LogP contribution in [0.2, 0.25) is 0 Å². The van der Waals surface area contributed by atoms with Crippen molar-refractivity contribution >= 4 is 0 Å². The highest BCUT2D eigenvalue weighted by Crippen LogP contribution is 2.33. The lowest BCUT2D eigenvalue weighted by molar-refractivity contribution is 0.238. The van der Waals surface area contributed by atoms with E-state index in [2.05, 4.69) is 66.4 Å². The number of nitrogens with zero attached hydrogens (tertiary/aromatic N) is 1. The molecule has 0 amide bonds. The van der Waals surface area contributed by atoms with Gasteiger partial charge < -0.3 is 5.73 Å². The Labute approximate surface area is 121 Å². The van der Waals surface area contributed by atoms with Crippen LogP contribution in [0.25, 0.3) is 0 Å². The first-order valence-corrected chi connectivity index (χ1v) is 7.35. The molecule has 2 N–H and O–H groups in total. The topological polar surface area (TPSA) is 29.3 Å². The molecule has 2 unspecified atom stereocenters. The van der Waals surface area contributed by atoms with Gasteiger partial charge in [0.15, 0.2) is 0 Å². The maximum atomic E-state index is 6.38. The number of likely N-dealkylation sites (tertiary alicyclic amines) is 1. The molecule has 0 spiro atoms. The monoisotopic (exact) mass is 266 g/mol. The molecule has 0 aromatic heterocycles. The number of hydrogen-bond donors (Lipinski definition) is 1. The van der Waals surface area contributed by atoms with E-state index in [-0.39, 0.29) is 6.04 Å². The van der Waals surface area contributed by atoms with Crippen molar-refractivity contribution in [3.8, 4) is 0 Å². The maximum absolute atomic E-state index is 6.38. The summed E-state index contributed by atoms with van der Waals surface area (Å²) in [4.78, 5) is 2.52. The van der Waals surface area contributed by atoms with E-state index >= 15 is 0 Å². The smallest absolute Gasteiger partial charge is 0.0505 e. The quantitative estimate of drug-likeness (QED) is 0.924. The van der Waals surface area contributed by atoms with Gasteiger partial charge in [-0.15, -0.1) is 0 Å². The first-order valence-electron chi connectivity index (χ1n) is 7.35. The van der Waals surface area contributed by atoms with Crippen molar-refractivity contribution in [3.63, 3.8) is 0 Å². The fourth-order valence-electron chi connectivity index (χ4n) is 3.22. The second-order valence-corrected chi connectivity index (χ2v) is 5.71. The summed E-state index contributed by atoms with van der Waals surface area (Å²) in [6.45, 7) is 4.24. The zero-order valence-corrected chi connectivity index (χ0v) is 12.0. The van der Waals surface area contributed by atoms with Crippen LogP contribution in [0.3, 0.4) is 0 Å². The van der Waals surface area contributed by atoms with Crippen LogP contribution in [-0.4, -0.2) is 17.5 Å². The van der Waals surface area contributed by atoms with Gasteiger partial charge in [0.2, 0.25) is 0 Å². The predicted molar refractivity (Wildman–Crippen MR) is 83.4 cm³/mol. The lowest BCUT2D eigenvalue weighted by Gasteiger charge is -2.28. The second kappa shape index (κ2) is 5.78. The van der Waals surface area contributed by atoms with E-state index in [4.69, 9.17) is 5.73 Å². The van der Waals surface area contributed by atoms with E-state index in [0.29, 0.717) is 6.04 Å². The minimum absolute atomic E-state index is 0.236. The molecule has 0 aliphatic carbocycles. The zero-order chi connectivity index (χ0) is 13.9. The van der Waals surface area contributed by atoms with Crippen LogP contribution < -0.4 is 5.73 Å². The summed E-state index contributed by atoms with van der Waals surface area (Å²) in [5.74, 6) is 0. The van der Waals surface area contributed by atoms with Gasteiger partial charge >= 0.3 is 0 Å². The minimum atomic E-state index is 0.236. The Bertz CT molecular complexity index is 565. The third kappa shape index (κ3) is 2.62. The molecule has 2 nitrogen and oxygen atoms in total. The molecule has 1 aliphatic heterocycles. The van der Waals surface area contributed by atoms with Crippen LogP contribution >= 0.6 is 0 Å². The van der Waals surface area contributed by atoms with Crippen molar-refractivity contribution < 1.29 is 0 Å². The molecule has 1 saturated heterocycles. The molecule has 0 saturated carbocycles. The van der Waals surface area contributed by atoms with Crippen molar-refractivity contribution in [1.29, 1.82) is 0 Å². The molecule has 0 radical (unpaired) electrons.